The van der Waals surface area contributed by atoms with Crippen molar-refractivity contribution in [2.75, 3.05) is 19.7 Å². The molecule has 0 radical (unpaired) electrons. The normalized spacial score (nSPS) is 13.6. The number of esters is 1. The fourth-order valence-electron chi connectivity index (χ4n) is 3.39. The lowest BCUT2D eigenvalue weighted by Gasteiger charge is -2.28. The van der Waals surface area contributed by atoms with Crippen molar-refractivity contribution in [3.8, 4) is 0 Å². The molecule has 0 fully saturated rings. The molecule has 0 aliphatic carbocycles. The molecule has 3 amide bonds. The monoisotopic (exact) mass is 473 g/mol. The summed E-state index contributed by atoms with van der Waals surface area (Å²) in [5.41, 5.74) is 2.22. The number of benzene rings is 2. The number of carbonyl (C=O) groups excluding carboxylic acids is 3. The van der Waals surface area contributed by atoms with Gasteiger partial charge in [0.2, 0.25) is 10.0 Å². The number of amides is 3. The average Bonchev–Trinajstić information content (AvgIpc) is 2.82. The van der Waals surface area contributed by atoms with Crippen LogP contribution in [0.15, 0.2) is 53.4 Å². The van der Waals surface area contributed by atoms with Crippen LogP contribution in [-0.4, -0.2) is 50.3 Å². The van der Waals surface area contributed by atoms with E-state index in [1.165, 1.54) is 28.6 Å². The summed E-state index contributed by atoms with van der Waals surface area (Å²) in [6, 6.07) is 12.4. The van der Waals surface area contributed by atoms with Crippen LogP contribution in [0, 0.1) is 0 Å². The second-order valence-corrected chi connectivity index (χ2v) is 9.55. The van der Waals surface area contributed by atoms with Crippen LogP contribution >= 0.6 is 0 Å². The first-order valence-corrected chi connectivity index (χ1v) is 12.2. The van der Waals surface area contributed by atoms with Gasteiger partial charge < -0.3 is 10.1 Å². The highest BCUT2D eigenvalue weighted by Crippen LogP contribution is 2.25. The van der Waals surface area contributed by atoms with Crippen molar-refractivity contribution in [1.82, 2.24) is 14.9 Å². The van der Waals surface area contributed by atoms with Crippen molar-refractivity contribution in [1.29, 1.82) is 0 Å². The molecule has 0 bridgehead atoms. The zero-order chi connectivity index (χ0) is 23.8. The highest BCUT2D eigenvalue weighted by Gasteiger charge is 2.28. The molecule has 1 heterocycles. The molecule has 10 heteroatoms. The number of imide groups is 1. The third-order valence-electron chi connectivity index (χ3n) is 5.23. The maximum atomic E-state index is 13.0. The Kier molecular flexibility index (Phi) is 8.18. The molecule has 0 saturated carbocycles. The van der Waals surface area contributed by atoms with E-state index >= 15 is 0 Å². The molecule has 0 spiro atoms. The van der Waals surface area contributed by atoms with E-state index in [2.05, 4.69) is 10.6 Å². The minimum atomic E-state index is -3.72. The minimum absolute atomic E-state index is 0.0694. The molecular formula is C23H27N3O6S. The van der Waals surface area contributed by atoms with E-state index < -0.39 is 34.5 Å². The number of nitrogens with zero attached hydrogens (tertiary/aromatic N) is 1. The van der Waals surface area contributed by atoms with E-state index in [0.29, 0.717) is 26.1 Å². The molecule has 3 rings (SSSR count). The summed E-state index contributed by atoms with van der Waals surface area (Å²) in [6.45, 7) is 2.45. The van der Waals surface area contributed by atoms with E-state index in [1.807, 2.05) is 31.2 Å². The van der Waals surface area contributed by atoms with Gasteiger partial charge in [0.25, 0.3) is 5.91 Å². The van der Waals surface area contributed by atoms with Crippen molar-refractivity contribution in [3.05, 3.63) is 65.2 Å². The van der Waals surface area contributed by atoms with E-state index in [4.69, 9.17) is 4.74 Å². The molecule has 0 atom stereocenters. The Balaban J connectivity index is 1.54. The maximum absolute atomic E-state index is 13.0. The van der Waals surface area contributed by atoms with Crippen LogP contribution in [0.25, 0.3) is 0 Å². The fraction of sp³-hybridized carbons (Fsp3) is 0.348. The number of urea groups is 1. The van der Waals surface area contributed by atoms with Crippen LogP contribution in [0.4, 0.5) is 4.79 Å². The van der Waals surface area contributed by atoms with E-state index in [1.54, 1.807) is 0 Å². The second-order valence-electron chi connectivity index (χ2n) is 7.62. The van der Waals surface area contributed by atoms with Gasteiger partial charge in [-0.1, -0.05) is 37.6 Å². The summed E-state index contributed by atoms with van der Waals surface area (Å²) >= 11 is 0. The molecule has 0 aromatic heterocycles. The smallest absolute Gasteiger partial charge is 0.338 e. The molecule has 2 N–H and O–H groups in total. The summed E-state index contributed by atoms with van der Waals surface area (Å²) in [5, 5.41) is 4.58. The SMILES string of the molecule is CCCCNC(=O)NC(=O)COC(=O)c1ccc(S(=O)(=O)N2CCc3ccccc3C2)cc1. The minimum Gasteiger partial charge on any atom is -0.452 e. The molecule has 2 aromatic rings. The van der Waals surface area contributed by atoms with Gasteiger partial charge in [-0.2, -0.15) is 4.31 Å². The maximum Gasteiger partial charge on any atom is 0.338 e. The first kappa shape index (κ1) is 24.4. The van der Waals surface area contributed by atoms with Crippen LogP contribution in [0.3, 0.4) is 0 Å². The van der Waals surface area contributed by atoms with E-state index in [-0.39, 0.29) is 10.5 Å². The number of ether oxygens (including phenoxy) is 1. The topological polar surface area (TPSA) is 122 Å². The number of unbranched alkanes of at least 4 members (excludes halogenated alkanes) is 1. The van der Waals surface area contributed by atoms with Gasteiger partial charge in [-0.3, -0.25) is 10.1 Å². The highest BCUT2D eigenvalue weighted by molar-refractivity contribution is 7.89. The first-order chi connectivity index (χ1) is 15.8. The molecule has 9 nitrogen and oxygen atoms in total. The van der Waals surface area contributed by atoms with Crippen LogP contribution < -0.4 is 10.6 Å². The van der Waals surface area contributed by atoms with Gasteiger partial charge >= 0.3 is 12.0 Å². The van der Waals surface area contributed by atoms with Crippen LogP contribution in [0.5, 0.6) is 0 Å². The molecule has 0 saturated heterocycles. The summed E-state index contributed by atoms with van der Waals surface area (Å²) in [7, 11) is -3.72. The Bertz CT molecular complexity index is 1120. The van der Waals surface area contributed by atoms with Gasteiger partial charge in [0.15, 0.2) is 6.61 Å². The third kappa shape index (κ3) is 6.39. The van der Waals surface area contributed by atoms with Crippen LogP contribution in [0.2, 0.25) is 0 Å². The quantitative estimate of drug-likeness (QED) is 0.448. The number of hydrogen-bond acceptors (Lipinski definition) is 6. The molecule has 1 aliphatic rings. The predicted molar refractivity (Wildman–Crippen MR) is 121 cm³/mol. The summed E-state index contributed by atoms with van der Waals surface area (Å²) in [4.78, 5) is 35.5. The molecule has 1 aliphatic heterocycles. The van der Waals surface area contributed by atoms with Crippen molar-refractivity contribution < 1.29 is 27.5 Å². The van der Waals surface area contributed by atoms with Gasteiger partial charge in [0.05, 0.1) is 10.5 Å². The first-order valence-electron chi connectivity index (χ1n) is 10.7. The predicted octanol–water partition coefficient (Wildman–Crippen LogP) is 2.22. The Morgan fingerprint density at radius 2 is 1.73 bits per heavy atom. The molecule has 176 valence electrons. The van der Waals surface area contributed by atoms with Crippen molar-refractivity contribution >= 4 is 27.9 Å². The second kappa shape index (κ2) is 11.1. The Morgan fingerprint density at radius 1 is 1.03 bits per heavy atom. The van der Waals surface area contributed by atoms with Crippen LogP contribution in [0.1, 0.15) is 41.3 Å². The number of sulfonamides is 1. The summed E-state index contributed by atoms with van der Waals surface area (Å²) < 4.78 is 32.3. The van der Waals surface area contributed by atoms with Crippen molar-refractivity contribution in [2.45, 2.75) is 37.6 Å². The van der Waals surface area contributed by atoms with Gasteiger partial charge in [0, 0.05) is 19.6 Å². The van der Waals surface area contributed by atoms with Gasteiger partial charge in [-0.15, -0.1) is 0 Å². The summed E-state index contributed by atoms with van der Waals surface area (Å²) in [5.74, 6) is -1.56. The lowest BCUT2D eigenvalue weighted by atomic mass is 10.0. The number of fused-ring (bicyclic) bond motifs is 1. The fourth-order valence-corrected chi connectivity index (χ4v) is 4.81. The van der Waals surface area contributed by atoms with Gasteiger partial charge in [-0.05, 0) is 48.2 Å². The van der Waals surface area contributed by atoms with E-state index in [9.17, 15) is 22.8 Å². The molecule has 33 heavy (non-hydrogen) atoms. The number of rotatable bonds is 8. The van der Waals surface area contributed by atoms with Crippen molar-refractivity contribution in [2.24, 2.45) is 0 Å². The molecule has 2 aromatic carbocycles. The Hall–Kier alpha value is -3.24. The van der Waals surface area contributed by atoms with Gasteiger partial charge in [0.1, 0.15) is 0 Å². The third-order valence-corrected chi connectivity index (χ3v) is 7.09. The molecule has 0 unspecified atom stereocenters. The lowest BCUT2D eigenvalue weighted by Crippen LogP contribution is -2.41. The highest BCUT2D eigenvalue weighted by atomic mass is 32.2. The van der Waals surface area contributed by atoms with Crippen molar-refractivity contribution in [3.63, 3.8) is 0 Å². The summed E-state index contributed by atoms with van der Waals surface area (Å²) in [6.07, 6.45) is 2.32. The van der Waals surface area contributed by atoms with Crippen LogP contribution in [-0.2, 0) is 32.5 Å². The van der Waals surface area contributed by atoms with Gasteiger partial charge in [-0.25, -0.2) is 18.0 Å². The largest absolute Gasteiger partial charge is 0.452 e. The Labute approximate surface area is 193 Å². The number of hydrogen-bond donors (Lipinski definition) is 2. The zero-order valence-electron chi connectivity index (χ0n) is 18.4. The zero-order valence-corrected chi connectivity index (χ0v) is 19.2. The molecular weight excluding hydrogens is 446 g/mol. The number of carbonyl (C=O) groups is 3. The average molecular weight is 474 g/mol. The number of nitrogens with one attached hydrogen (secondary N) is 2. The standard InChI is InChI=1S/C23H27N3O6S/c1-2-3-13-24-23(29)25-21(27)16-32-22(28)18-8-10-20(11-9-18)33(30,31)26-14-12-17-6-4-5-7-19(17)15-26/h4-11H,2-3,12-16H2,1H3,(H2,24,25,27,29). The van der Waals surface area contributed by atoms with E-state index in [0.717, 1.165) is 24.0 Å². The Morgan fingerprint density at radius 3 is 2.42 bits per heavy atom. The lowest BCUT2D eigenvalue weighted by molar-refractivity contribution is -0.123.